The van der Waals surface area contributed by atoms with Crippen molar-refractivity contribution in [2.45, 2.75) is 37.8 Å². The quantitative estimate of drug-likeness (QED) is 0.483. The highest BCUT2D eigenvalue weighted by Gasteiger charge is 2.22. The Morgan fingerprint density at radius 3 is 2.29 bits per heavy atom. The molecule has 4 N–H and O–H groups in total. The SMILES string of the molecule is NC1CCC(Oc2ccccc2[N+](=O)[O-])CC1.NS(=O)[O-]. The van der Waals surface area contributed by atoms with E-state index in [9.17, 15) is 10.1 Å². The zero-order valence-electron chi connectivity index (χ0n) is 11.3. The fourth-order valence-corrected chi connectivity index (χ4v) is 2.09. The number of benzene rings is 1. The third kappa shape index (κ3) is 6.63. The zero-order valence-corrected chi connectivity index (χ0v) is 12.2. The first-order chi connectivity index (χ1) is 9.90. The molecule has 21 heavy (non-hydrogen) atoms. The molecule has 118 valence electrons. The Morgan fingerprint density at radius 1 is 1.24 bits per heavy atom. The van der Waals surface area contributed by atoms with Crippen molar-refractivity contribution in [3.8, 4) is 5.75 Å². The van der Waals surface area contributed by atoms with Gasteiger partial charge in [-0.05, 0) is 31.7 Å². The summed E-state index contributed by atoms with van der Waals surface area (Å²) in [7, 11) is 0. The predicted octanol–water partition coefficient (Wildman–Crippen LogP) is 0.983. The Kier molecular flexibility index (Phi) is 7.23. The summed E-state index contributed by atoms with van der Waals surface area (Å²) in [6.45, 7) is 0. The smallest absolute Gasteiger partial charge is 0.310 e. The molecule has 0 bridgehead atoms. The van der Waals surface area contributed by atoms with E-state index in [1.165, 1.54) is 6.07 Å². The maximum absolute atomic E-state index is 10.8. The standard InChI is InChI=1S/C12H16N2O3.H3NO2S/c13-9-5-7-10(8-6-9)17-12-4-2-1-3-11(12)14(15)16;1-4(2)3/h1-4,9-10H,5-8,13H2;1H2,(H,2,3)/p-1. The minimum absolute atomic E-state index is 0.0300. The van der Waals surface area contributed by atoms with Gasteiger partial charge in [-0.2, -0.15) is 0 Å². The molecule has 0 aliphatic heterocycles. The van der Waals surface area contributed by atoms with E-state index in [-0.39, 0.29) is 17.8 Å². The van der Waals surface area contributed by atoms with Crippen LogP contribution >= 0.6 is 0 Å². The van der Waals surface area contributed by atoms with Gasteiger partial charge in [-0.25, -0.2) is 0 Å². The van der Waals surface area contributed by atoms with E-state index in [1.54, 1.807) is 18.2 Å². The summed E-state index contributed by atoms with van der Waals surface area (Å²) in [6, 6.07) is 6.75. The van der Waals surface area contributed by atoms with Gasteiger partial charge in [0.1, 0.15) is 0 Å². The number of hydrogen-bond donors (Lipinski definition) is 2. The molecule has 0 heterocycles. The predicted molar refractivity (Wildman–Crippen MR) is 77.1 cm³/mol. The van der Waals surface area contributed by atoms with Gasteiger partial charge >= 0.3 is 5.69 Å². The molecule has 1 aliphatic carbocycles. The Hall–Kier alpha value is -1.55. The van der Waals surface area contributed by atoms with Crippen LogP contribution in [0.25, 0.3) is 0 Å². The molecule has 0 saturated heterocycles. The fraction of sp³-hybridized carbons (Fsp3) is 0.500. The monoisotopic (exact) mass is 316 g/mol. The summed E-state index contributed by atoms with van der Waals surface area (Å²) >= 11 is -2.36. The van der Waals surface area contributed by atoms with Crippen molar-refractivity contribution in [2.24, 2.45) is 10.9 Å². The highest BCUT2D eigenvalue weighted by molar-refractivity contribution is 7.76. The van der Waals surface area contributed by atoms with Gasteiger partial charge in [0.2, 0.25) is 0 Å². The van der Waals surface area contributed by atoms with Gasteiger partial charge in [-0.1, -0.05) is 12.1 Å². The van der Waals surface area contributed by atoms with Crippen molar-refractivity contribution in [2.75, 3.05) is 0 Å². The Balaban J connectivity index is 0.000000491. The fourth-order valence-electron chi connectivity index (χ4n) is 2.09. The van der Waals surface area contributed by atoms with E-state index in [4.69, 9.17) is 19.2 Å². The van der Waals surface area contributed by atoms with Crippen molar-refractivity contribution in [1.29, 1.82) is 0 Å². The third-order valence-electron chi connectivity index (χ3n) is 3.07. The van der Waals surface area contributed by atoms with E-state index < -0.39 is 16.2 Å². The number of para-hydroxylation sites is 2. The first kappa shape index (κ1) is 17.5. The minimum atomic E-state index is -2.36. The van der Waals surface area contributed by atoms with Gasteiger partial charge < -0.3 is 15.0 Å². The maximum Gasteiger partial charge on any atom is 0.310 e. The molecule has 1 aliphatic rings. The minimum Gasteiger partial charge on any atom is -0.760 e. The summed E-state index contributed by atoms with van der Waals surface area (Å²) in [6.07, 6.45) is 3.63. The van der Waals surface area contributed by atoms with E-state index in [0.29, 0.717) is 5.75 Å². The van der Waals surface area contributed by atoms with Crippen LogP contribution < -0.4 is 15.6 Å². The van der Waals surface area contributed by atoms with Crippen LogP contribution in [0.15, 0.2) is 24.3 Å². The topological polar surface area (TPSA) is 145 Å². The number of ether oxygens (including phenoxy) is 1. The summed E-state index contributed by atoms with van der Waals surface area (Å²) < 4.78 is 23.3. The van der Waals surface area contributed by atoms with Crippen LogP contribution in [0.3, 0.4) is 0 Å². The van der Waals surface area contributed by atoms with Crippen LogP contribution in [0.1, 0.15) is 25.7 Å². The summed E-state index contributed by atoms with van der Waals surface area (Å²) in [5.41, 5.74) is 5.83. The van der Waals surface area contributed by atoms with E-state index in [2.05, 4.69) is 5.14 Å². The van der Waals surface area contributed by atoms with Crippen LogP contribution in [0.2, 0.25) is 0 Å². The maximum atomic E-state index is 10.8. The molecule has 9 heteroatoms. The molecule has 8 nitrogen and oxygen atoms in total. The second-order valence-corrected chi connectivity index (χ2v) is 5.16. The first-order valence-corrected chi connectivity index (χ1v) is 7.53. The van der Waals surface area contributed by atoms with Crippen LogP contribution in [-0.4, -0.2) is 25.8 Å². The molecule has 1 aromatic carbocycles. The molecular formula is C12H18N3O5S-. The lowest BCUT2D eigenvalue weighted by Crippen LogP contribution is -2.31. The van der Waals surface area contributed by atoms with Gasteiger partial charge in [-0.3, -0.25) is 19.5 Å². The molecule has 1 unspecified atom stereocenters. The number of rotatable bonds is 3. The van der Waals surface area contributed by atoms with Gasteiger partial charge in [0.15, 0.2) is 5.75 Å². The normalized spacial score (nSPS) is 22.6. The summed E-state index contributed by atoms with van der Waals surface area (Å²) in [4.78, 5) is 10.4. The van der Waals surface area contributed by atoms with E-state index >= 15 is 0 Å². The van der Waals surface area contributed by atoms with Crippen LogP contribution in [0.5, 0.6) is 5.75 Å². The van der Waals surface area contributed by atoms with Crippen LogP contribution in [0, 0.1) is 10.1 Å². The Bertz CT molecular complexity index is 488. The molecule has 1 aromatic rings. The highest BCUT2D eigenvalue weighted by Crippen LogP contribution is 2.30. The average molecular weight is 316 g/mol. The molecular weight excluding hydrogens is 298 g/mol. The number of hydrogen-bond acceptors (Lipinski definition) is 6. The number of nitro groups is 1. The Morgan fingerprint density at radius 2 is 1.76 bits per heavy atom. The molecule has 0 amide bonds. The van der Waals surface area contributed by atoms with Crippen molar-refractivity contribution in [1.82, 2.24) is 0 Å². The first-order valence-electron chi connectivity index (χ1n) is 6.39. The van der Waals surface area contributed by atoms with Gasteiger partial charge in [0, 0.05) is 23.4 Å². The second-order valence-electron chi connectivity index (χ2n) is 4.64. The van der Waals surface area contributed by atoms with Crippen LogP contribution in [0.4, 0.5) is 5.69 Å². The molecule has 1 fully saturated rings. The molecule has 0 aromatic heterocycles. The number of nitrogens with two attached hydrogens (primary N) is 2. The highest BCUT2D eigenvalue weighted by atomic mass is 32.2. The lowest BCUT2D eigenvalue weighted by atomic mass is 9.94. The lowest BCUT2D eigenvalue weighted by Gasteiger charge is -2.26. The summed E-state index contributed by atoms with van der Waals surface area (Å²) in [5.74, 6) is 0.359. The second kappa shape index (κ2) is 8.67. The van der Waals surface area contributed by atoms with Crippen molar-refractivity contribution in [3.63, 3.8) is 0 Å². The lowest BCUT2D eigenvalue weighted by molar-refractivity contribution is -0.386. The van der Waals surface area contributed by atoms with Gasteiger partial charge in [0.05, 0.1) is 11.0 Å². The third-order valence-corrected chi connectivity index (χ3v) is 3.07. The number of nitrogens with zero attached hydrogens (tertiary/aromatic N) is 1. The molecule has 0 spiro atoms. The van der Waals surface area contributed by atoms with E-state index in [1.807, 2.05) is 0 Å². The average Bonchev–Trinajstić information content (AvgIpc) is 2.41. The van der Waals surface area contributed by atoms with Crippen molar-refractivity contribution >= 4 is 17.0 Å². The largest absolute Gasteiger partial charge is 0.760 e. The zero-order chi connectivity index (χ0) is 15.8. The van der Waals surface area contributed by atoms with Crippen LogP contribution in [-0.2, 0) is 11.3 Å². The molecule has 1 atom stereocenters. The van der Waals surface area contributed by atoms with Gasteiger partial charge in [0.25, 0.3) is 0 Å². The molecule has 2 rings (SSSR count). The molecule has 1 saturated carbocycles. The van der Waals surface area contributed by atoms with Crippen molar-refractivity contribution in [3.05, 3.63) is 34.4 Å². The Labute approximate surface area is 125 Å². The van der Waals surface area contributed by atoms with E-state index in [0.717, 1.165) is 25.7 Å². The van der Waals surface area contributed by atoms with Gasteiger partial charge in [-0.15, -0.1) is 0 Å². The molecule has 0 radical (unpaired) electrons. The number of nitro benzene ring substituents is 1. The summed E-state index contributed by atoms with van der Waals surface area (Å²) in [5, 5.41) is 14.8. The van der Waals surface area contributed by atoms with Crippen molar-refractivity contribution < 1.29 is 18.4 Å².